The SMILES string of the molecule is Oc1ccc(C2CCN3CCC3C2)cn1. The predicted octanol–water partition coefficient (Wildman–Crippen LogP) is 1.74. The molecule has 80 valence electrons. The van der Waals surface area contributed by atoms with Crippen LogP contribution in [0.5, 0.6) is 5.88 Å². The zero-order valence-corrected chi connectivity index (χ0v) is 8.76. The number of piperidine rings is 1. The summed E-state index contributed by atoms with van der Waals surface area (Å²) in [5, 5.41) is 9.14. The van der Waals surface area contributed by atoms with E-state index in [2.05, 4.69) is 9.88 Å². The number of nitrogens with zero attached hydrogens (tertiary/aromatic N) is 2. The van der Waals surface area contributed by atoms with Crippen LogP contribution in [0.3, 0.4) is 0 Å². The molecule has 2 unspecified atom stereocenters. The van der Waals surface area contributed by atoms with E-state index in [0.29, 0.717) is 5.92 Å². The van der Waals surface area contributed by atoms with Crippen molar-refractivity contribution >= 4 is 0 Å². The van der Waals surface area contributed by atoms with Crippen LogP contribution in [-0.2, 0) is 0 Å². The van der Waals surface area contributed by atoms with Crippen molar-refractivity contribution in [1.29, 1.82) is 0 Å². The number of fused-ring (bicyclic) bond motifs is 1. The molecule has 0 spiro atoms. The van der Waals surface area contributed by atoms with Crippen LogP contribution in [0.2, 0.25) is 0 Å². The zero-order chi connectivity index (χ0) is 10.3. The molecule has 3 rings (SSSR count). The van der Waals surface area contributed by atoms with Crippen LogP contribution in [0.1, 0.15) is 30.7 Å². The van der Waals surface area contributed by atoms with E-state index in [9.17, 15) is 0 Å². The molecule has 3 nitrogen and oxygen atoms in total. The van der Waals surface area contributed by atoms with Crippen LogP contribution in [0, 0.1) is 0 Å². The van der Waals surface area contributed by atoms with Gasteiger partial charge in [0.2, 0.25) is 5.88 Å². The van der Waals surface area contributed by atoms with Gasteiger partial charge in [-0.2, -0.15) is 0 Å². The van der Waals surface area contributed by atoms with Crippen LogP contribution < -0.4 is 0 Å². The molecule has 0 bridgehead atoms. The Kier molecular flexibility index (Phi) is 2.13. The lowest BCUT2D eigenvalue weighted by molar-refractivity contribution is 0.0450. The highest BCUT2D eigenvalue weighted by Gasteiger charge is 2.34. The number of hydrogen-bond acceptors (Lipinski definition) is 3. The van der Waals surface area contributed by atoms with E-state index in [1.165, 1.54) is 37.9 Å². The predicted molar refractivity (Wildman–Crippen MR) is 57.9 cm³/mol. The van der Waals surface area contributed by atoms with Gasteiger partial charge < -0.3 is 10.0 Å². The second-order valence-electron chi connectivity index (χ2n) is 4.65. The standard InChI is InChI=1S/C12H16N2O/c15-12-2-1-10(8-13-12)9-3-5-14-6-4-11(14)7-9/h1-2,8-9,11H,3-7H2,(H,13,15). The molecule has 2 atom stereocenters. The van der Waals surface area contributed by atoms with E-state index in [1.54, 1.807) is 6.07 Å². The first-order valence-electron chi connectivity index (χ1n) is 5.72. The smallest absolute Gasteiger partial charge is 0.210 e. The fourth-order valence-electron chi connectivity index (χ4n) is 2.77. The number of aromatic nitrogens is 1. The summed E-state index contributed by atoms with van der Waals surface area (Å²) in [5.74, 6) is 0.777. The van der Waals surface area contributed by atoms with Gasteiger partial charge in [-0.25, -0.2) is 4.98 Å². The number of hydrogen-bond donors (Lipinski definition) is 1. The molecular formula is C12H16N2O. The molecule has 0 amide bonds. The maximum atomic E-state index is 9.14. The number of aromatic hydroxyl groups is 1. The Morgan fingerprint density at radius 3 is 2.73 bits per heavy atom. The molecule has 2 aliphatic heterocycles. The van der Waals surface area contributed by atoms with Gasteiger partial charge in [0, 0.05) is 18.3 Å². The molecule has 1 aromatic rings. The quantitative estimate of drug-likeness (QED) is 0.757. The van der Waals surface area contributed by atoms with Gasteiger partial charge in [-0.3, -0.25) is 0 Å². The maximum absolute atomic E-state index is 9.14. The molecule has 3 heterocycles. The lowest BCUT2D eigenvalue weighted by atomic mass is 9.81. The van der Waals surface area contributed by atoms with Crippen molar-refractivity contribution in [3.63, 3.8) is 0 Å². The highest BCUT2D eigenvalue weighted by Crippen LogP contribution is 2.36. The zero-order valence-electron chi connectivity index (χ0n) is 8.76. The minimum atomic E-state index is 0.125. The van der Waals surface area contributed by atoms with Crippen molar-refractivity contribution in [1.82, 2.24) is 9.88 Å². The first kappa shape index (κ1) is 9.16. The van der Waals surface area contributed by atoms with Crippen molar-refractivity contribution in [2.75, 3.05) is 13.1 Å². The van der Waals surface area contributed by atoms with Crippen LogP contribution in [0.25, 0.3) is 0 Å². The first-order valence-corrected chi connectivity index (χ1v) is 5.72. The van der Waals surface area contributed by atoms with Crippen LogP contribution in [0.4, 0.5) is 0 Å². The van der Waals surface area contributed by atoms with E-state index < -0.39 is 0 Å². The summed E-state index contributed by atoms with van der Waals surface area (Å²) >= 11 is 0. The average Bonchev–Trinajstić information content (AvgIpc) is 2.22. The van der Waals surface area contributed by atoms with E-state index >= 15 is 0 Å². The Morgan fingerprint density at radius 1 is 1.27 bits per heavy atom. The van der Waals surface area contributed by atoms with E-state index in [-0.39, 0.29) is 5.88 Å². The lowest BCUT2D eigenvalue weighted by Gasteiger charge is -2.47. The highest BCUT2D eigenvalue weighted by atomic mass is 16.3. The summed E-state index contributed by atoms with van der Waals surface area (Å²) in [6.45, 7) is 2.53. The van der Waals surface area contributed by atoms with Gasteiger partial charge >= 0.3 is 0 Å². The average molecular weight is 204 g/mol. The molecular weight excluding hydrogens is 188 g/mol. The second kappa shape index (κ2) is 3.49. The van der Waals surface area contributed by atoms with Gasteiger partial charge in [0.15, 0.2) is 0 Å². The molecule has 0 aliphatic carbocycles. The van der Waals surface area contributed by atoms with E-state index in [1.807, 2.05) is 12.3 Å². The van der Waals surface area contributed by atoms with Crippen molar-refractivity contribution in [3.8, 4) is 5.88 Å². The highest BCUT2D eigenvalue weighted by molar-refractivity contribution is 5.21. The summed E-state index contributed by atoms with van der Waals surface area (Å²) in [6, 6.07) is 4.53. The van der Waals surface area contributed by atoms with Crippen molar-refractivity contribution < 1.29 is 5.11 Å². The third-order valence-corrected chi connectivity index (χ3v) is 3.83. The Bertz CT molecular complexity index is 349. The summed E-state index contributed by atoms with van der Waals surface area (Å²) in [4.78, 5) is 6.53. The summed E-state index contributed by atoms with van der Waals surface area (Å²) in [6.07, 6.45) is 5.70. The van der Waals surface area contributed by atoms with Gasteiger partial charge in [-0.1, -0.05) is 6.07 Å². The summed E-state index contributed by atoms with van der Waals surface area (Å²) in [5.41, 5.74) is 1.29. The van der Waals surface area contributed by atoms with Crippen molar-refractivity contribution in [3.05, 3.63) is 23.9 Å². The minimum absolute atomic E-state index is 0.125. The number of rotatable bonds is 1. The Morgan fingerprint density at radius 2 is 2.13 bits per heavy atom. The van der Waals surface area contributed by atoms with Crippen LogP contribution in [-0.4, -0.2) is 34.1 Å². The van der Waals surface area contributed by atoms with Gasteiger partial charge in [-0.05, 0) is 43.8 Å². The van der Waals surface area contributed by atoms with Gasteiger partial charge in [0.1, 0.15) is 0 Å². The molecule has 2 saturated heterocycles. The van der Waals surface area contributed by atoms with Crippen molar-refractivity contribution in [2.24, 2.45) is 0 Å². The molecule has 1 N–H and O–H groups in total. The van der Waals surface area contributed by atoms with Gasteiger partial charge in [0.25, 0.3) is 0 Å². The molecule has 15 heavy (non-hydrogen) atoms. The fraction of sp³-hybridized carbons (Fsp3) is 0.583. The van der Waals surface area contributed by atoms with Crippen LogP contribution in [0.15, 0.2) is 18.3 Å². The third kappa shape index (κ3) is 1.61. The van der Waals surface area contributed by atoms with Crippen LogP contribution >= 0.6 is 0 Å². The molecule has 2 fully saturated rings. The van der Waals surface area contributed by atoms with Crippen molar-refractivity contribution in [2.45, 2.75) is 31.2 Å². The molecule has 3 heteroatoms. The Hall–Kier alpha value is -1.09. The topological polar surface area (TPSA) is 36.4 Å². The monoisotopic (exact) mass is 204 g/mol. The molecule has 2 aliphatic rings. The number of pyridine rings is 1. The van der Waals surface area contributed by atoms with E-state index in [4.69, 9.17) is 5.11 Å². The third-order valence-electron chi connectivity index (χ3n) is 3.83. The largest absolute Gasteiger partial charge is 0.493 e. The molecule has 0 aromatic carbocycles. The first-order chi connectivity index (χ1) is 7.33. The maximum Gasteiger partial charge on any atom is 0.210 e. The lowest BCUT2D eigenvalue weighted by Crippen LogP contribution is -2.51. The Balaban J connectivity index is 1.74. The molecule has 0 saturated carbocycles. The normalized spacial score (nSPS) is 30.7. The summed E-state index contributed by atoms with van der Waals surface area (Å²) < 4.78 is 0. The van der Waals surface area contributed by atoms with Gasteiger partial charge in [-0.15, -0.1) is 0 Å². The molecule has 0 radical (unpaired) electrons. The second-order valence-corrected chi connectivity index (χ2v) is 4.65. The molecule has 1 aromatic heterocycles. The fourth-order valence-corrected chi connectivity index (χ4v) is 2.77. The summed E-state index contributed by atoms with van der Waals surface area (Å²) in [7, 11) is 0. The van der Waals surface area contributed by atoms with E-state index in [0.717, 1.165) is 6.04 Å². The van der Waals surface area contributed by atoms with Gasteiger partial charge in [0.05, 0.1) is 0 Å². The Labute approximate surface area is 89.7 Å². The minimum Gasteiger partial charge on any atom is -0.493 e.